The Labute approximate surface area is 151 Å². The number of nitrogens with one attached hydrogen (secondary N) is 1. The lowest BCUT2D eigenvalue weighted by molar-refractivity contribution is 0.290. The summed E-state index contributed by atoms with van der Waals surface area (Å²) in [6, 6.07) is 16.7. The molecule has 7 nitrogen and oxygen atoms in total. The highest BCUT2D eigenvalue weighted by molar-refractivity contribution is 7.97. The normalized spacial score (nSPS) is 11.2. The third-order valence-electron chi connectivity index (χ3n) is 3.22. The molecule has 2 rings (SSSR count). The Morgan fingerprint density at radius 3 is 2.48 bits per heavy atom. The first-order valence-electron chi connectivity index (χ1n) is 7.58. The first kappa shape index (κ1) is 18.8. The van der Waals surface area contributed by atoms with E-state index in [1.54, 1.807) is 12.1 Å². The molecule has 25 heavy (non-hydrogen) atoms. The maximum Gasteiger partial charge on any atom is 0.152 e. The third kappa shape index (κ3) is 6.10. The van der Waals surface area contributed by atoms with Crippen molar-refractivity contribution in [2.75, 3.05) is 13.2 Å². The van der Waals surface area contributed by atoms with Gasteiger partial charge in [0.05, 0.1) is 24.8 Å². The van der Waals surface area contributed by atoms with Crippen molar-refractivity contribution in [2.24, 2.45) is 16.7 Å². The van der Waals surface area contributed by atoms with E-state index < -0.39 is 0 Å². The van der Waals surface area contributed by atoms with Gasteiger partial charge in [0.1, 0.15) is 0 Å². The predicted molar refractivity (Wildman–Crippen MR) is 99.0 cm³/mol. The van der Waals surface area contributed by atoms with Crippen LogP contribution in [0.1, 0.15) is 16.7 Å². The van der Waals surface area contributed by atoms with Crippen LogP contribution in [0, 0.1) is 11.3 Å². The Morgan fingerprint density at radius 2 is 1.88 bits per heavy atom. The summed E-state index contributed by atoms with van der Waals surface area (Å²) in [5.41, 5.74) is 8.29. The highest BCUT2D eigenvalue weighted by atomic mass is 32.2. The van der Waals surface area contributed by atoms with E-state index in [1.807, 2.05) is 36.4 Å². The summed E-state index contributed by atoms with van der Waals surface area (Å²) in [6.45, 7) is 0.995. The molecule has 2 aromatic rings. The van der Waals surface area contributed by atoms with Gasteiger partial charge in [0.15, 0.2) is 5.84 Å². The maximum atomic E-state index is 8.80. The van der Waals surface area contributed by atoms with Gasteiger partial charge in [-0.25, -0.2) is 11.0 Å². The van der Waals surface area contributed by atoms with Gasteiger partial charge in [-0.3, -0.25) is 4.72 Å². The summed E-state index contributed by atoms with van der Waals surface area (Å²) in [5.74, 6) is 6.20. The highest BCUT2D eigenvalue weighted by Crippen LogP contribution is 2.15. The molecule has 0 amide bonds. The van der Waals surface area contributed by atoms with Gasteiger partial charge in [0.25, 0.3) is 0 Å². The van der Waals surface area contributed by atoms with Crippen molar-refractivity contribution in [3.05, 3.63) is 65.2 Å². The number of hydrogen-bond donors (Lipinski definition) is 4. The quantitative estimate of drug-likeness (QED) is 0.140. The molecule has 0 saturated carbocycles. The lowest BCUT2D eigenvalue weighted by Crippen LogP contribution is -2.29. The fraction of sp³-hybridized carbons (Fsp3) is 0.176. The number of aliphatic hydroxyl groups is 1. The van der Waals surface area contributed by atoms with Crippen molar-refractivity contribution < 1.29 is 5.11 Å². The molecule has 0 atom stereocenters. The summed E-state index contributed by atoms with van der Waals surface area (Å²) >= 11 is 1.44. The average molecular weight is 356 g/mol. The number of hydrogen-bond acceptors (Lipinski definition) is 7. The van der Waals surface area contributed by atoms with Crippen LogP contribution in [0.15, 0.2) is 58.5 Å². The van der Waals surface area contributed by atoms with Crippen LogP contribution < -0.4 is 16.3 Å². The summed E-state index contributed by atoms with van der Waals surface area (Å²) in [6.07, 6.45) is 0. The average Bonchev–Trinajstić information content (AvgIpc) is 2.63. The molecule has 0 saturated heterocycles. The topological polar surface area (TPSA) is 124 Å². The van der Waals surface area contributed by atoms with Crippen LogP contribution in [0.3, 0.4) is 0 Å². The van der Waals surface area contributed by atoms with Gasteiger partial charge in [-0.2, -0.15) is 5.26 Å². The minimum atomic E-state index is 0.0935. The molecule has 2 aromatic carbocycles. The number of rotatable bonds is 8. The van der Waals surface area contributed by atoms with Gasteiger partial charge in [0, 0.05) is 17.0 Å². The van der Waals surface area contributed by atoms with Crippen LogP contribution in [0.2, 0.25) is 0 Å². The molecule has 6 N–H and O–H groups in total. The second-order valence-corrected chi connectivity index (χ2v) is 6.10. The number of nitriles is 1. The predicted octanol–water partition coefficient (Wildman–Crippen LogP) is 1.14. The van der Waals surface area contributed by atoms with E-state index in [4.69, 9.17) is 21.9 Å². The molecule has 0 radical (unpaired) electrons. The van der Waals surface area contributed by atoms with Crippen molar-refractivity contribution in [1.82, 2.24) is 9.84 Å². The number of amidine groups is 1. The fourth-order valence-corrected chi connectivity index (χ4v) is 2.61. The first-order chi connectivity index (χ1) is 12.1. The maximum absolute atomic E-state index is 8.80. The number of nitrogens with zero attached hydrogens (tertiary/aromatic N) is 3. The third-order valence-corrected chi connectivity index (χ3v) is 4.07. The Kier molecular flexibility index (Phi) is 7.25. The Hall–Kier alpha value is -2.57. The zero-order chi connectivity index (χ0) is 18.1. The van der Waals surface area contributed by atoms with E-state index in [9.17, 15) is 0 Å². The zero-order valence-electron chi connectivity index (χ0n) is 13.6. The van der Waals surface area contributed by atoms with Gasteiger partial charge in [0.2, 0.25) is 0 Å². The summed E-state index contributed by atoms with van der Waals surface area (Å²) in [5, 5.41) is 23.0. The fourth-order valence-electron chi connectivity index (χ4n) is 1.98. The van der Waals surface area contributed by atoms with Gasteiger partial charge < -0.3 is 10.8 Å². The molecular formula is C17H20N6OS. The van der Waals surface area contributed by atoms with Crippen LogP contribution in [0.25, 0.3) is 0 Å². The van der Waals surface area contributed by atoms with E-state index in [-0.39, 0.29) is 6.61 Å². The number of hydrazine groups is 1. The summed E-state index contributed by atoms with van der Waals surface area (Å²) < 4.78 is 3.02. The van der Waals surface area contributed by atoms with E-state index in [2.05, 4.69) is 15.9 Å². The second-order valence-electron chi connectivity index (χ2n) is 5.14. The molecule has 8 heteroatoms. The molecule has 130 valence electrons. The minimum Gasteiger partial charge on any atom is -0.395 e. The van der Waals surface area contributed by atoms with Crippen molar-refractivity contribution in [3.63, 3.8) is 0 Å². The largest absolute Gasteiger partial charge is 0.395 e. The van der Waals surface area contributed by atoms with Crippen LogP contribution in [0.4, 0.5) is 0 Å². The van der Waals surface area contributed by atoms with Gasteiger partial charge in [-0.05, 0) is 41.8 Å². The smallest absolute Gasteiger partial charge is 0.152 e. The zero-order valence-corrected chi connectivity index (χ0v) is 14.4. The van der Waals surface area contributed by atoms with E-state index >= 15 is 0 Å². The van der Waals surface area contributed by atoms with Crippen molar-refractivity contribution in [3.8, 4) is 6.07 Å². The van der Waals surface area contributed by atoms with E-state index in [0.29, 0.717) is 24.5 Å². The minimum absolute atomic E-state index is 0.0935. The summed E-state index contributed by atoms with van der Waals surface area (Å²) in [4.78, 5) is 1.01. The van der Waals surface area contributed by atoms with Crippen molar-refractivity contribution in [1.29, 1.82) is 5.26 Å². The van der Waals surface area contributed by atoms with Crippen LogP contribution >= 0.6 is 11.9 Å². The molecule has 0 heterocycles. The Balaban J connectivity index is 1.95. The molecular weight excluding hydrogens is 336 g/mol. The van der Waals surface area contributed by atoms with Crippen molar-refractivity contribution >= 4 is 17.8 Å². The Bertz CT molecular complexity index is 739. The second kappa shape index (κ2) is 9.66. The SMILES string of the molecule is N#Cc1ccc(CN(N)/N=C(\N)c2ccc(SNCCO)cc2)cc1. The number of benzene rings is 2. The van der Waals surface area contributed by atoms with E-state index in [1.165, 1.54) is 17.1 Å². The van der Waals surface area contributed by atoms with Gasteiger partial charge in [-0.1, -0.05) is 24.3 Å². The van der Waals surface area contributed by atoms with Gasteiger partial charge >= 0.3 is 0 Å². The van der Waals surface area contributed by atoms with E-state index in [0.717, 1.165) is 16.0 Å². The Morgan fingerprint density at radius 1 is 1.20 bits per heavy atom. The molecule has 0 aromatic heterocycles. The number of hydrazone groups is 1. The standard InChI is InChI=1S/C17H20N6OS/c18-11-13-1-3-14(4-2-13)12-23(20)22-17(19)15-5-7-16(8-6-15)25-21-9-10-24/h1-8,21,24H,9-10,12,20H2,(H2,19,22). The van der Waals surface area contributed by atoms with Crippen LogP contribution in [0.5, 0.6) is 0 Å². The summed E-state index contributed by atoms with van der Waals surface area (Å²) in [7, 11) is 0. The molecule has 0 aliphatic carbocycles. The molecule has 0 aliphatic heterocycles. The van der Waals surface area contributed by atoms with Gasteiger partial charge in [-0.15, -0.1) is 5.10 Å². The van der Waals surface area contributed by atoms with Crippen LogP contribution in [-0.2, 0) is 6.54 Å². The lowest BCUT2D eigenvalue weighted by atomic mass is 10.1. The highest BCUT2D eigenvalue weighted by Gasteiger charge is 2.03. The molecule has 0 fully saturated rings. The molecule has 0 spiro atoms. The number of nitrogens with two attached hydrogens (primary N) is 2. The molecule has 0 bridgehead atoms. The monoisotopic (exact) mass is 356 g/mol. The van der Waals surface area contributed by atoms with Crippen molar-refractivity contribution in [2.45, 2.75) is 11.4 Å². The number of aliphatic hydroxyl groups excluding tert-OH is 1. The first-order valence-corrected chi connectivity index (χ1v) is 8.40. The molecule has 0 unspecified atom stereocenters. The lowest BCUT2D eigenvalue weighted by Gasteiger charge is -2.14. The molecule has 0 aliphatic rings. The van der Waals surface area contributed by atoms with Crippen LogP contribution in [-0.4, -0.2) is 29.2 Å².